The topological polar surface area (TPSA) is 66.4 Å². The second-order valence-corrected chi connectivity index (χ2v) is 8.23. The van der Waals surface area contributed by atoms with Gasteiger partial charge < -0.3 is 4.90 Å². The maximum absolute atomic E-state index is 12.6. The van der Waals surface area contributed by atoms with Crippen LogP contribution in [-0.2, 0) is 10.0 Å². The number of piperazine rings is 1. The first-order chi connectivity index (χ1) is 11.6. The molecule has 0 spiro atoms. The number of sulfonamides is 1. The Morgan fingerprint density at radius 1 is 0.875 bits per heavy atom. The zero-order valence-electron chi connectivity index (χ0n) is 13.4. The van der Waals surface area contributed by atoms with E-state index < -0.39 is 10.0 Å². The standard InChI is InChI=1S/C17H20N4O2S/c22-24(23,15-4-2-1-3-5-15)21-12-10-20(11-13-21)17-9-8-16(18-19-17)14-6-7-14/h1-5,8-9,14H,6-7,10-13H2. The third-order valence-electron chi connectivity index (χ3n) is 4.61. The van der Waals surface area contributed by atoms with Crippen molar-refractivity contribution in [2.45, 2.75) is 23.7 Å². The van der Waals surface area contributed by atoms with Crippen molar-refractivity contribution >= 4 is 15.8 Å². The summed E-state index contributed by atoms with van der Waals surface area (Å²) in [7, 11) is -3.41. The van der Waals surface area contributed by atoms with Crippen molar-refractivity contribution in [1.82, 2.24) is 14.5 Å². The van der Waals surface area contributed by atoms with Gasteiger partial charge in [0.1, 0.15) is 0 Å². The Hall–Kier alpha value is -1.99. The van der Waals surface area contributed by atoms with Crippen LogP contribution < -0.4 is 4.90 Å². The molecule has 1 aromatic carbocycles. The molecule has 0 bridgehead atoms. The van der Waals surface area contributed by atoms with E-state index in [1.807, 2.05) is 18.2 Å². The van der Waals surface area contributed by atoms with Gasteiger partial charge in [0.25, 0.3) is 0 Å². The highest BCUT2D eigenvalue weighted by molar-refractivity contribution is 7.89. The van der Waals surface area contributed by atoms with Crippen LogP contribution >= 0.6 is 0 Å². The van der Waals surface area contributed by atoms with Crippen LogP contribution in [-0.4, -0.2) is 49.1 Å². The zero-order chi connectivity index (χ0) is 16.6. The number of benzene rings is 1. The number of rotatable bonds is 4. The smallest absolute Gasteiger partial charge is 0.243 e. The van der Waals surface area contributed by atoms with Gasteiger partial charge in [0.15, 0.2) is 5.82 Å². The number of aromatic nitrogens is 2. The number of nitrogens with zero attached hydrogens (tertiary/aromatic N) is 4. The molecule has 126 valence electrons. The molecule has 1 aliphatic heterocycles. The predicted octanol–water partition coefficient (Wildman–Crippen LogP) is 1.86. The van der Waals surface area contributed by atoms with Gasteiger partial charge in [-0.2, -0.15) is 9.40 Å². The van der Waals surface area contributed by atoms with Crippen molar-refractivity contribution in [1.29, 1.82) is 0 Å². The van der Waals surface area contributed by atoms with Crippen molar-refractivity contribution in [3.05, 3.63) is 48.2 Å². The third-order valence-corrected chi connectivity index (χ3v) is 6.52. The molecule has 2 heterocycles. The number of hydrogen-bond donors (Lipinski definition) is 0. The number of hydrogen-bond acceptors (Lipinski definition) is 5. The minimum atomic E-state index is -3.41. The largest absolute Gasteiger partial charge is 0.352 e. The van der Waals surface area contributed by atoms with Gasteiger partial charge in [-0.25, -0.2) is 8.42 Å². The van der Waals surface area contributed by atoms with Crippen LogP contribution in [0, 0.1) is 0 Å². The summed E-state index contributed by atoms with van der Waals surface area (Å²) in [5, 5.41) is 8.62. The lowest BCUT2D eigenvalue weighted by Crippen LogP contribution is -2.49. The molecular weight excluding hydrogens is 324 g/mol. The Labute approximate surface area is 142 Å². The summed E-state index contributed by atoms with van der Waals surface area (Å²) in [6, 6.07) is 12.7. The second kappa shape index (κ2) is 6.14. The minimum absolute atomic E-state index is 0.354. The zero-order valence-corrected chi connectivity index (χ0v) is 14.2. The molecule has 4 rings (SSSR count). The highest BCUT2D eigenvalue weighted by Gasteiger charge is 2.29. The van der Waals surface area contributed by atoms with E-state index in [9.17, 15) is 8.42 Å². The molecule has 0 unspecified atom stereocenters. The molecule has 24 heavy (non-hydrogen) atoms. The van der Waals surface area contributed by atoms with Crippen molar-refractivity contribution in [3.8, 4) is 0 Å². The van der Waals surface area contributed by atoms with Crippen molar-refractivity contribution < 1.29 is 8.42 Å². The Bertz CT molecular complexity index is 796. The highest BCUT2D eigenvalue weighted by atomic mass is 32.2. The normalized spacial score (nSPS) is 19.4. The first kappa shape index (κ1) is 15.5. The average Bonchev–Trinajstić information content (AvgIpc) is 3.48. The summed E-state index contributed by atoms with van der Waals surface area (Å²) in [4.78, 5) is 2.45. The van der Waals surface area contributed by atoms with E-state index in [1.54, 1.807) is 28.6 Å². The second-order valence-electron chi connectivity index (χ2n) is 6.29. The van der Waals surface area contributed by atoms with E-state index in [4.69, 9.17) is 0 Å². The quantitative estimate of drug-likeness (QED) is 0.847. The van der Waals surface area contributed by atoms with Gasteiger partial charge in [0.2, 0.25) is 10.0 Å². The Kier molecular flexibility index (Phi) is 3.97. The van der Waals surface area contributed by atoms with E-state index >= 15 is 0 Å². The SMILES string of the molecule is O=S(=O)(c1ccccc1)N1CCN(c2ccc(C3CC3)nn2)CC1. The molecule has 1 aromatic heterocycles. The van der Waals surface area contributed by atoms with Crippen LogP contribution in [0.4, 0.5) is 5.82 Å². The van der Waals surface area contributed by atoms with Crippen LogP contribution in [0.25, 0.3) is 0 Å². The fourth-order valence-electron chi connectivity index (χ4n) is 3.00. The summed E-state index contributed by atoms with van der Waals surface area (Å²) < 4.78 is 26.8. The third kappa shape index (κ3) is 3.01. The Balaban J connectivity index is 1.43. The van der Waals surface area contributed by atoms with Gasteiger partial charge in [0.05, 0.1) is 10.6 Å². The lowest BCUT2D eigenvalue weighted by Gasteiger charge is -2.34. The Morgan fingerprint density at radius 2 is 1.58 bits per heavy atom. The van der Waals surface area contributed by atoms with Crippen molar-refractivity contribution in [3.63, 3.8) is 0 Å². The molecule has 0 amide bonds. The molecule has 2 fully saturated rings. The van der Waals surface area contributed by atoms with Gasteiger partial charge in [0, 0.05) is 32.1 Å². The average molecular weight is 344 g/mol. The van der Waals surface area contributed by atoms with E-state index in [1.165, 1.54) is 12.8 Å². The fourth-order valence-corrected chi connectivity index (χ4v) is 4.44. The fraction of sp³-hybridized carbons (Fsp3) is 0.412. The monoisotopic (exact) mass is 344 g/mol. The van der Waals surface area contributed by atoms with Crippen molar-refractivity contribution in [2.24, 2.45) is 0 Å². The lowest BCUT2D eigenvalue weighted by molar-refractivity contribution is 0.383. The van der Waals surface area contributed by atoms with Crippen LogP contribution in [0.1, 0.15) is 24.5 Å². The van der Waals surface area contributed by atoms with Gasteiger partial charge in [-0.05, 0) is 37.1 Å². The molecule has 7 heteroatoms. The van der Waals surface area contributed by atoms with Crippen LogP contribution in [0.2, 0.25) is 0 Å². The van der Waals surface area contributed by atoms with Crippen LogP contribution in [0.15, 0.2) is 47.4 Å². The number of anilines is 1. The summed E-state index contributed by atoms with van der Waals surface area (Å²) in [5.74, 6) is 1.43. The van der Waals surface area contributed by atoms with Gasteiger partial charge in [-0.3, -0.25) is 0 Å². The maximum atomic E-state index is 12.6. The molecule has 1 aliphatic carbocycles. The van der Waals surface area contributed by atoms with E-state index in [-0.39, 0.29) is 0 Å². The van der Waals surface area contributed by atoms with Crippen molar-refractivity contribution in [2.75, 3.05) is 31.1 Å². The molecule has 2 aliphatic rings. The molecule has 0 atom stereocenters. The predicted molar refractivity (Wildman–Crippen MR) is 91.4 cm³/mol. The summed E-state index contributed by atoms with van der Waals surface area (Å²) in [6.07, 6.45) is 2.42. The first-order valence-corrected chi connectivity index (χ1v) is 9.72. The molecule has 1 saturated heterocycles. The molecular formula is C17H20N4O2S. The van der Waals surface area contributed by atoms with E-state index in [2.05, 4.69) is 15.1 Å². The summed E-state index contributed by atoms with van der Waals surface area (Å²) in [5.41, 5.74) is 1.07. The van der Waals surface area contributed by atoms with Crippen LogP contribution in [0.5, 0.6) is 0 Å². The van der Waals surface area contributed by atoms with Gasteiger partial charge in [-0.15, -0.1) is 5.10 Å². The van der Waals surface area contributed by atoms with Crippen LogP contribution in [0.3, 0.4) is 0 Å². The highest BCUT2D eigenvalue weighted by Crippen LogP contribution is 2.38. The van der Waals surface area contributed by atoms with Gasteiger partial charge >= 0.3 is 0 Å². The summed E-state index contributed by atoms with van der Waals surface area (Å²) >= 11 is 0. The molecule has 2 aromatic rings. The molecule has 0 N–H and O–H groups in total. The lowest BCUT2D eigenvalue weighted by atomic mass is 10.2. The molecule has 6 nitrogen and oxygen atoms in total. The first-order valence-electron chi connectivity index (χ1n) is 8.28. The van der Waals surface area contributed by atoms with E-state index in [0.717, 1.165) is 11.5 Å². The van der Waals surface area contributed by atoms with E-state index in [0.29, 0.717) is 37.0 Å². The maximum Gasteiger partial charge on any atom is 0.243 e. The summed E-state index contributed by atoms with van der Waals surface area (Å²) in [6.45, 7) is 2.18. The Morgan fingerprint density at radius 3 is 2.17 bits per heavy atom. The molecule has 1 saturated carbocycles. The molecule has 0 radical (unpaired) electrons. The van der Waals surface area contributed by atoms with Gasteiger partial charge in [-0.1, -0.05) is 18.2 Å². The minimum Gasteiger partial charge on any atom is -0.352 e.